The number of carboxylic acid groups (broad SMARTS) is 1. The van der Waals surface area contributed by atoms with Crippen LogP contribution in [0.4, 0.5) is 11.4 Å². The van der Waals surface area contributed by atoms with Crippen LogP contribution < -0.4 is 15.0 Å². The van der Waals surface area contributed by atoms with Gasteiger partial charge in [-0.25, -0.2) is 0 Å². The van der Waals surface area contributed by atoms with E-state index in [2.05, 4.69) is 77.8 Å². The van der Waals surface area contributed by atoms with Crippen LogP contribution in [0.25, 0.3) is 10.8 Å². The van der Waals surface area contributed by atoms with Crippen molar-refractivity contribution in [2.24, 2.45) is 0 Å². The molecule has 0 fully saturated rings. The Labute approximate surface area is 212 Å². The average molecular weight is 481 g/mol. The molecule has 0 aliphatic carbocycles. The number of hydrogen-bond acceptors (Lipinski definition) is 4. The van der Waals surface area contributed by atoms with Gasteiger partial charge in [-0.3, -0.25) is 4.79 Å². The number of fused-ring (bicyclic) bond motifs is 2. The molecule has 0 saturated heterocycles. The third-order valence-electron chi connectivity index (χ3n) is 6.89. The Morgan fingerprint density at radius 2 is 1.81 bits per heavy atom. The summed E-state index contributed by atoms with van der Waals surface area (Å²) in [7, 11) is 0. The fourth-order valence-corrected chi connectivity index (χ4v) is 5.02. The number of nitrogens with one attached hydrogen (secondary N) is 1. The lowest BCUT2D eigenvalue weighted by Crippen LogP contribution is -2.39. The van der Waals surface area contributed by atoms with E-state index in [0.717, 1.165) is 42.2 Å². The Morgan fingerprint density at radius 1 is 1.03 bits per heavy atom. The highest BCUT2D eigenvalue weighted by Gasteiger charge is 2.26. The molecule has 5 heteroatoms. The van der Waals surface area contributed by atoms with E-state index in [-0.39, 0.29) is 18.6 Å². The molecule has 1 unspecified atom stereocenters. The van der Waals surface area contributed by atoms with E-state index in [1.807, 2.05) is 30.3 Å². The Morgan fingerprint density at radius 3 is 2.69 bits per heavy atom. The lowest BCUT2D eigenvalue weighted by Gasteiger charge is -2.36. The van der Waals surface area contributed by atoms with E-state index in [1.54, 1.807) is 0 Å². The fraction of sp³-hybridized carbons (Fsp3) is 0.258. The second kappa shape index (κ2) is 10.8. The molecule has 1 aliphatic rings. The van der Waals surface area contributed by atoms with Gasteiger partial charge in [-0.2, -0.15) is 0 Å². The van der Waals surface area contributed by atoms with Crippen molar-refractivity contribution in [3.63, 3.8) is 0 Å². The van der Waals surface area contributed by atoms with E-state index >= 15 is 0 Å². The van der Waals surface area contributed by atoms with Crippen LogP contribution >= 0.6 is 0 Å². The molecule has 0 bridgehead atoms. The first-order valence-corrected chi connectivity index (χ1v) is 12.6. The van der Waals surface area contributed by atoms with Gasteiger partial charge in [0.1, 0.15) is 11.9 Å². The number of para-hydroxylation sites is 2. The molecule has 1 aliphatic heterocycles. The second-order valence-electron chi connectivity index (χ2n) is 9.41. The molecular formula is C31H32N2O3. The van der Waals surface area contributed by atoms with E-state index < -0.39 is 5.97 Å². The lowest BCUT2D eigenvalue weighted by molar-refractivity contribution is -0.136. The number of carbonyl (C=O) groups is 1. The zero-order valence-electron chi connectivity index (χ0n) is 20.6. The van der Waals surface area contributed by atoms with Crippen molar-refractivity contribution in [3.8, 4) is 5.75 Å². The number of anilines is 2. The molecule has 4 aromatic carbocycles. The molecule has 0 radical (unpaired) electrons. The number of rotatable bonds is 9. The minimum Gasteiger partial charge on any atom is -0.486 e. The molecule has 2 atom stereocenters. The highest BCUT2D eigenvalue weighted by molar-refractivity contribution is 5.86. The van der Waals surface area contributed by atoms with Crippen LogP contribution in [0.1, 0.15) is 36.9 Å². The second-order valence-corrected chi connectivity index (χ2v) is 9.41. The van der Waals surface area contributed by atoms with Gasteiger partial charge in [0.05, 0.1) is 12.2 Å². The molecule has 36 heavy (non-hydrogen) atoms. The van der Waals surface area contributed by atoms with Gasteiger partial charge in [-0.15, -0.1) is 0 Å². The standard InChI is InChI=1S/C31H32N2O3/c1-22(27-13-7-10-24-9-2-3-12-28(24)27)32-19-18-26-21-33(29-14-4-5-15-30(29)36-26)25-11-6-8-23(20-25)16-17-31(34)35/h2-15,20,22,26,32H,16-19,21H2,1H3,(H,34,35)/t22-,26?/m1/s1. The fourth-order valence-electron chi connectivity index (χ4n) is 5.02. The summed E-state index contributed by atoms with van der Waals surface area (Å²) >= 11 is 0. The third kappa shape index (κ3) is 5.37. The highest BCUT2D eigenvalue weighted by Crippen LogP contribution is 2.38. The minimum atomic E-state index is -0.776. The van der Waals surface area contributed by atoms with E-state index in [4.69, 9.17) is 9.84 Å². The first kappa shape index (κ1) is 23.9. The number of aryl methyl sites for hydroxylation is 1. The maximum absolute atomic E-state index is 11.0. The number of nitrogens with zero attached hydrogens (tertiary/aromatic N) is 1. The summed E-state index contributed by atoms with van der Waals surface area (Å²) < 4.78 is 6.39. The van der Waals surface area contributed by atoms with Crippen LogP contribution in [-0.4, -0.2) is 30.3 Å². The van der Waals surface area contributed by atoms with E-state index in [1.165, 1.54) is 16.3 Å². The Bertz CT molecular complexity index is 1350. The summed E-state index contributed by atoms with van der Waals surface area (Å²) in [6.45, 7) is 3.79. The summed E-state index contributed by atoms with van der Waals surface area (Å²) in [6.07, 6.45) is 1.56. The molecule has 5 nitrogen and oxygen atoms in total. The van der Waals surface area contributed by atoms with Crippen LogP contribution in [-0.2, 0) is 11.2 Å². The normalized spacial score (nSPS) is 15.8. The Kier molecular flexibility index (Phi) is 7.19. The molecule has 0 amide bonds. The quantitative estimate of drug-likeness (QED) is 0.286. The molecule has 0 aromatic heterocycles. The van der Waals surface area contributed by atoms with Gasteiger partial charge < -0.3 is 20.1 Å². The van der Waals surface area contributed by atoms with Crippen LogP contribution in [0, 0.1) is 0 Å². The first-order chi connectivity index (χ1) is 17.6. The van der Waals surface area contributed by atoms with Crippen LogP contribution in [0.15, 0.2) is 91.0 Å². The zero-order valence-corrected chi connectivity index (χ0v) is 20.6. The van der Waals surface area contributed by atoms with Crippen molar-refractivity contribution in [1.82, 2.24) is 5.32 Å². The van der Waals surface area contributed by atoms with Gasteiger partial charge in [0.15, 0.2) is 0 Å². The van der Waals surface area contributed by atoms with E-state index in [0.29, 0.717) is 6.42 Å². The molecule has 184 valence electrons. The summed E-state index contributed by atoms with van der Waals surface area (Å²) in [6, 6.07) is 31.6. The van der Waals surface area contributed by atoms with E-state index in [9.17, 15) is 4.79 Å². The predicted octanol–water partition coefficient (Wildman–Crippen LogP) is 6.50. The van der Waals surface area contributed by atoms with Crippen molar-refractivity contribution in [1.29, 1.82) is 0 Å². The van der Waals surface area contributed by atoms with Crippen molar-refractivity contribution in [2.75, 3.05) is 18.0 Å². The van der Waals surface area contributed by atoms with Crippen LogP contribution in [0.2, 0.25) is 0 Å². The molecule has 0 spiro atoms. The monoisotopic (exact) mass is 480 g/mol. The average Bonchev–Trinajstić information content (AvgIpc) is 2.91. The number of benzene rings is 4. The van der Waals surface area contributed by atoms with Gasteiger partial charge in [-0.1, -0.05) is 66.7 Å². The number of hydrogen-bond donors (Lipinski definition) is 2. The molecule has 1 heterocycles. The van der Waals surface area contributed by atoms with Gasteiger partial charge in [-0.05, 0) is 72.5 Å². The summed E-state index contributed by atoms with van der Waals surface area (Å²) in [5.74, 6) is 0.106. The van der Waals surface area contributed by atoms with Crippen LogP contribution in [0.5, 0.6) is 5.75 Å². The van der Waals surface area contributed by atoms with Crippen LogP contribution in [0.3, 0.4) is 0 Å². The zero-order chi connectivity index (χ0) is 24.9. The smallest absolute Gasteiger partial charge is 0.303 e. The SMILES string of the molecule is C[C@@H](NCCC1CN(c2cccc(CCC(=O)O)c2)c2ccccc2O1)c1cccc2ccccc12. The van der Waals surface area contributed by atoms with Gasteiger partial charge >= 0.3 is 5.97 Å². The van der Waals surface area contributed by atoms with Gasteiger partial charge in [0.25, 0.3) is 0 Å². The van der Waals surface area contributed by atoms with Crippen molar-refractivity contribution in [2.45, 2.75) is 38.3 Å². The maximum atomic E-state index is 11.0. The highest BCUT2D eigenvalue weighted by atomic mass is 16.5. The largest absolute Gasteiger partial charge is 0.486 e. The summed E-state index contributed by atoms with van der Waals surface area (Å²) in [4.78, 5) is 13.3. The maximum Gasteiger partial charge on any atom is 0.303 e. The molecular weight excluding hydrogens is 448 g/mol. The minimum absolute atomic E-state index is 0.0368. The Balaban J connectivity index is 1.28. The van der Waals surface area contributed by atoms with Gasteiger partial charge in [0.2, 0.25) is 0 Å². The van der Waals surface area contributed by atoms with Crippen molar-refractivity contribution >= 4 is 28.1 Å². The number of ether oxygens (including phenoxy) is 1. The molecule has 0 saturated carbocycles. The third-order valence-corrected chi connectivity index (χ3v) is 6.89. The Hall–Kier alpha value is -3.83. The molecule has 4 aromatic rings. The lowest BCUT2D eigenvalue weighted by atomic mass is 9.99. The van der Waals surface area contributed by atoms with Crippen molar-refractivity contribution < 1.29 is 14.6 Å². The molecule has 2 N–H and O–H groups in total. The van der Waals surface area contributed by atoms with Crippen molar-refractivity contribution in [3.05, 3.63) is 102 Å². The van der Waals surface area contributed by atoms with Gasteiger partial charge in [0, 0.05) is 18.2 Å². The number of carboxylic acids is 1. The number of aliphatic carboxylic acids is 1. The summed E-state index contributed by atoms with van der Waals surface area (Å²) in [5.41, 5.74) is 4.45. The molecule has 5 rings (SSSR count). The first-order valence-electron chi connectivity index (χ1n) is 12.6. The predicted molar refractivity (Wildman–Crippen MR) is 145 cm³/mol. The summed E-state index contributed by atoms with van der Waals surface area (Å²) in [5, 5.41) is 15.3. The topological polar surface area (TPSA) is 61.8 Å².